The summed E-state index contributed by atoms with van der Waals surface area (Å²) in [5, 5.41) is 3.27. The molecule has 1 aliphatic heterocycles. The quantitative estimate of drug-likeness (QED) is 0.622. The van der Waals surface area contributed by atoms with Gasteiger partial charge in [-0.2, -0.15) is 0 Å². The summed E-state index contributed by atoms with van der Waals surface area (Å²) in [6.45, 7) is 2.48. The molecule has 2 heteroatoms. The van der Waals surface area contributed by atoms with Crippen LogP contribution in [0.3, 0.4) is 0 Å². The third-order valence-electron chi connectivity index (χ3n) is 2.34. The molecule has 1 heterocycles. The van der Waals surface area contributed by atoms with Gasteiger partial charge in [0.2, 0.25) is 0 Å². The first kappa shape index (κ1) is 9.54. The van der Waals surface area contributed by atoms with E-state index < -0.39 is 5.67 Å². The summed E-state index contributed by atoms with van der Waals surface area (Å²) in [6, 6.07) is 0.282. The van der Waals surface area contributed by atoms with E-state index in [9.17, 15) is 4.39 Å². The zero-order chi connectivity index (χ0) is 9.03. The zero-order valence-electron chi connectivity index (χ0n) is 7.57. The van der Waals surface area contributed by atoms with E-state index in [0.29, 0.717) is 6.42 Å². The molecule has 1 fully saturated rings. The Morgan fingerprint density at radius 1 is 1.67 bits per heavy atom. The van der Waals surface area contributed by atoms with Crippen LogP contribution in [0.5, 0.6) is 0 Å². The van der Waals surface area contributed by atoms with Crippen molar-refractivity contribution in [1.29, 1.82) is 0 Å². The highest BCUT2D eigenvalue weighted by Gasteiger charge is 2.25. The minimum absolute atomic E-state index is 0.282. The maximum Gasteiger partial charge on any atom is 0.169 e. The molecule has 68 valence electrons. The summed E-state index contributed by atoms with van der Waals surface area (Å²) in [7, 11) is 0. The molecule has 0 amide bonds. The van der Waals surface area contributed by atoms with Crippen LogP contribution in [0, 0.1) is 12.3 Å². The molecular formula is C10H16FN. The third kappa shape index (κ3) is 2.83. The van der Waals surface area contributed by atoms with E-state index in [-0.39, 0.29) is 6.04 Å². The summed E-state index contributed by atoms with van der Waals surface area (Å²) in [5.41, 5.74) is -1.44. The molecule has 0 aromatic heterocycles. The van der Waals surface area contributed by atoms with E-state index in [1.807, 2.05) is 0 Å². The van der Waals surface area contributed by atoms with E-state index in [0.717, 1.165) is 13.0 Å². The number of nitrogens with one attached hydrogen (secondary N) is 1. The molecule has 1 saturated heterocycles. The number of hydrogen-bond acceptors (Lipinski definition) is 1. The van der Waals surface area contributed by atoms with E-state index in [1.165, 1.54) is 19.8 Å². The lowest BCUT2D eigenvalue weighted by molar-refractivity contribution is 0.210. The first-order chi connectivity index (χ1) is 5.64. The first-order valence-electron chi connectivity index (χ1n) is 4.54. The van der Waals surface area contributed by atoms with Crippen molar-refractivity contribution < 1.29 is 4.39 Å². The molecule has 0 spiro atoms. The number of halogens is 1. The SMILES string of the molecule is C#CC(C)(F)CC1CCCCN1. The smallest absolute Gasteiger partial charge is 0.169 e. The summed E-state index contributed by atoms with van der Waals surface area (Å²) in [4.78, 5) is 0. The molecule has 12 heavy (non-hydrogen) atoms. The number of terminal acetylenes is 1. The average Bonchev–Trinajstić information content (AvgIpc) is 2.06. The fourth-order valence-electron chi connectivity index (χ4n) is 1.62. The monoisotopic (exact) mass is 169 g/mol. The highest BCUT2D eigenvalue weighted by molar-refractivity contribution is 5.06. The molecule has 0 bridgehead atoms. The Morgan fingerprint density at radius 3 is 2.92 bits per heavy atom. The minimum Gasteiger partial charge on any atom is -0.314 e. The van der Waals surface area contributed by atoms with Crippen molar-refractivity contribution >= 4 is 0 Å². The minimum atomic E-state index is -1.44. The van der Waals surface area contributed by atoms with Gasteiger partial charge in [0.25, 0.3) is 0 Å². The zero-order valence-corrected chi connectivity index (χ0v) is 7.57. The van der Waals surface area contributed by atoms with Crippen LogP contribution >= 0.6 is 0 Å². The van der Waals surface area contributed by atoms with Gasteiger partial charge in [-0.3, -0.25) is 0 Å². The van der Waals surface area contributed by atoms with Gasteiger partial charge in [-0.25, -0.2) is 4.39 Å². The number of rotatable bonds is 2. The van der Waals surface area contributed by atoms with Gasteiger partial charge in [-0.1, -0.05) is 12.3 Å². The highest BCUT2D eigenvalue weighted by Crippen LogP contribution is 2.20. The Balaban J connectivity index is 2.35. The summed E-state index contributed by atoms with van der Waals surface area (Å²) in [5.74, 6) is 2.18. The Kier molecular flexibility index (Phi) is 3.11. The predicted molar refractivity (Wildman–Crippen MR) is 48.6 cm³/mol. The summed E-state index contributed by atoms with van der Waals surface area (Å²) in [6.07, 6.45) is 8.97. The lowest BCUT2D eigenvalue weighted by atomic mass is 9.94. The molecule has 0 radical (unpaired) electrons. The van der Waals surface area contributed by atoms with Gasteiger partial charge in [0.1, 0.15) is 0 Å². The Bertz CT molecular complexity index is 175. The second-order valence-electron chi connectivity index (χ2n) is 3.69. The summed E-state index contributed by atoms with van der Waals surface area (Å²) < 4.78 is 13.3. The van der Waals surface area contributed by atoms with Crippen LogP contribution in [0.25, 0.3) is 0 Å². The van der Waals surface area contributed by atoms with Gasteiger partial charge in [0.05, 0.1) is 0 Å². The van der Waals surface area contributed by atoms with Crippen molar-refractivity contribution in [3.63, 3.8) is 0 Å². The fraction of sp³-hybridized carbons (Fsp3) is 0.800. The maximum absolute atomic E-state index is 13.3. The molecule has 0 aliphatic carbocycles. The van der Waals surface area contributed by atoms with Gasteiger partial charge < -0.3 is 5.32 Å². The normalized spacial score (nSPS) is 28.9. The molecule has 0 aromatic rings. The second kappa shape index (κ2) is 3.91. The summed E-state index contributed by atoms with van der Waals surface area (Å²) >= 11 is 0. The van der Waals surface area contributed by atoms with Crippen molar-refractivity contribution in [2.24, 2.45) is 0 Å². The second-order valence-corrected chi connectivity index (χ2v) is 3.69. The van der Waals surface area contributed by atoms with Crippen molar-refractivity contribution in [3.05, 3.63) is 0 Å². The van der Waals surface area contributed by atoms with Crippen LogP contribution in [-0.2, 0) is 0 Å². The van der Waals surface area contributed by atoms with Gasteiger partial charge in [-0.15, -0.1) is 6.42 Å². The lowest BCUT2D eigenvalue weighted by Gasteiger charge is -2.27. The standard InChI is InChI=1S/C10H16FN/c1-3-10(2,11)8-9-6-4-5-7-12-9/h1,9,12H,4-8H2,2H3. The van der Waals surface area contributed by atoms with E-state index in [1.54, 1.807) is 0 Å². The van der Waals surface area contributed by atoms with Crippen molar-refractivity contribution in [1.82, 2.24) is 5.32 Å². The Labute approximate surface area is 73.7 Å². The van der Waals surface area contributed by atoms with Crippen LogP contribution < -0.4 is 5.32 Å². The number of alkyl halides is 1. The van der Waals surface area contributed by atoms with Crippen LogP contribution in [-0.4, -0.2) is 18.3 Å². The van der Waals surface area contributed by atoms with Crippen LogP contribution in [0.2, 0.25) is 0 Å². The van der Waals surface area contributed by atoms with Gasteiger partial charge in [-0.05, 0) is 26.3 Å². The molecule has 1 N–H and O–H groups in total. The van der Waals surface area contributed by atoms with E-state index in [2.05, 4.69) is 11.2 Å². The van der Waals surface area contributed by atoms with Crippen molar-refractivity contribution in [2.45, 2.75) is 44.3 Å². The predicted octanol–water partition coefficient (Wildman–Crippen LogP) is 1.88. The molecule has 2 atom stereocenters. The number of piperidine rings is 1. The number of hydrogen-bond donors (Lipinski definition) is 1. The van der Waals surface area contributed by atoms with Crippen LogP contribution in [0.4, 0.5) is 4.39 Å². The molecule has 0 aromatic carbocycles. The maximum atomic E-state index is 13.3. The fourth-order valence-corrected chi connectivity index (χ4v) is 1.62. The molecule has 1 nitrogen and oxygen atoms in total. The lowest BCUT2D eigenvalue weighted by Crippen LogP contribution is -2.38. The molecule has 1 aliphatic rings. The highest BCUT2D eigenvalue weighted by atomic mass is 19.1. The Morgan fingerprint density at radius 2 is 2.42 bits per heavy atom. The van der Waals surface area contributed by atoms with E-state index in [4.69, 9.17) is 6.42 Å². The topological polar surface area (TPSA) is 12.0 Å². The van der Waals surface area contributed by atoms with Crippen LogP contribution in [0.1, 0.15) is 32.6 Å². The van der Waals surface area contributed by atoms with E-state index >= 15 is 0 Å². The first-order valence-corrected chi connectivity index (χ1v) is 4.54. The average molecular weight is 169 g/mol. The third-order valence-corrected chi connectivity index (χ3v) is 2.34. The largest absolute Gasteiger partial charge is 0.314 e. The molecule has 0 saturated carbocycles. The van der Waals surface area contributed by atoms with Gasteiger partial charge in [0.15, 0.2) is 5.67 Å². The molecular weight excluding hydrogens is 153 g/mol. The van der Waals surface area contributed by atoms with Gasteiger partial charge in [0, 0.05) is 12.5 Å². The van der Waals surface area contributed by atoms with Crippen molar-refractivity contribution in [3.8, 4) is 12.3 Å². The Hall–Kier alpha value is -0.550. The van der Waals surface area contributed by atoms with Gasteiger partial charge >= 0.3 is 0 Å². The molecule has 2 unspecified atom stereocenters. The van der Waals surface area contributed by atoms with Crippen LogP contribution in [0.15, 0.2) is 0 Å². The van der Waals surface area contributed by atoms with Crippen molar-refractivity contribution in [2.75, 3.05) is 6.54 Å². The molecule has 1 rings (SSSR count).